The highest BCUT2D eigenvalue weighted by Gasteiger charge is 2.23. The first-order valence-electron chi connectivity index (χ1n) is 5.20. The molecule has 1 aromatic carbocycles. The molecule has 18 heavy (non-hydrogen) atoms. The van der Waals surface area contributed by atoms with Crippen LogP contribution in [0, 0.1) is 6.92 Å². The molecule has 0 radical (unpaired) electrons. The van der Waals surface area contributed by atoms with Crippen molar-refractivity contribution < 1.29 is 18.3 Å². The van der Waals surface area contributed by atoms with Crippen molar-refractivity contribution in [2.45, 2.75) is 11.8 Å². The summed E-state index contributed by atoms with van der Waals surface area (Å²) in [5, 5.41) is 14.6. The molecule has 1 rings (SSSR count). The SMILES string of the molecule is CNc1cc(S(C)(=O)=O)c(NC)c(C)c1C(=O)O. The lowest BCUT2D eigenvalue weighted by Crippen LogP contribution is -2.12. The molecule has 0 unspecified atom stereocenters. The molecule has 0 bridgehead atoms. The molecule has 0 atom stereocenters. The van der Waals surface area contributed by atoms with Gasteiger partial charge >= 0.3 is 5.97 Å². The van der Waals surface area contributed by atoms with Crippen LogP contribution in [0.3, 0.4) is 0 Å². The Morgan fingerprint density at radius 2 is 1.83 bits per heavy atom. The van der Waals surface area contributed by atoms with Crippen LogP contribution < -0.4 is 10.6 Å². The maximum absolute atomic E-state index is 11.7. The predicted molar refractivity (Wildman–Crippen MR) is 70.3 cm³/mol. The molecule has 0 spiro atoms. The van der Waals surface area contributed by atoms with Gasteiger partial charge in [-0.1, -0.05) is 0 Å². The molecule has 1 aromatic rings. The van der Waals surface area contributed by atoms with E-state index in [1.807, 2.05) is 0 Å². The van der Waals surface area contributed by atoms with Gasteiger partial charge in [-0.2, -0.15) is 0 Å². The standard InChI is InChI=1S/C11H16N2O4S/c1-6-9(11(14)15)7(12-2)5-8(10(6)13-3)18(4,16)17/h5,12-13H,1-4H3,(H,14,15). The van der Waals surface area contributed by atoms with Gasteiger partial charge in [-0.15, -0.1) is 0 Å². The topological polar surface area (TPSA) is 95.5 Å². The summed E-state index contributed by atoms with van der Waals surface area (Å²) >= 11 is 0. The summed E-state index contributed by atoms with van der Waals surface area (Å²) in [6.45, 7) is 1.57. The van der Waals surface area contributed by atoms with Crippen molar-refractivity contribution in [3.05, 3.63) is 17.2 Å². The highest BCUT2D eigenvalue weighted by molar-refractivity contribution is 7.90. The Balaban J connectivity index is 3.80. The third-order valence-corrected chi connectivity index (χ3v) is 3.79. The second-order valence-electron chi connectivity index (χ2n) is 3.87. The van der Waals surface area contributed by atoms with Gasteiger partial charge in [0.1, 0.15) is 0 Å². The Morgan fingerprint density at radius 1 is 1.28 bits per heavy atom. The number of aromatic carboxylic acids is 1. The van der Waals surface area contributed by atoms with Gasteiger partial charge in [-0.05, 0) is 18.6 Å². The van der Waals surface area contributed by atoms with E-state index in [-0.39, 0.29) is 16.1 Å². The Hall–Kier alpha value is -1.76. The van der Waals surface area contributed by atoms with Crippen molar-refractivity contribution >= 4 is 27.2 Å². The van der Waals surface area contributed by atoms with E-state index in [0.717, 1.165) is 6.26 Å². The monoisotopic (exact) mass is 272 g/mol. The fraction of sp³-hybridized carbons (Fsp3) is 0.364. The van der Waals surface area contributed by atoms with E-state index >= 15 is 0 Å². The van der Waals surface area contributed by atoms with Crippen molar-refractivity contribution in [2.75, 3.05) is 31.0 Å². The summed E-state index contributed by atoms with van der Waals surface area (Å²) in [7, 11) is -0.333. The molecule has 0 heterocycles. The third kappa shape index (κ3) is 2.40. The van der Waals surface area contributed by atoms with Crippen molar-refractivity contribution in [1.29, 1.82) is 0 Å². The first-order chi connectivity index (χ1) is 8.23. The number of anilines is 2. The smallest absolute Gasteiger partial charge is 0.338 e. The van der Waals surface area contributed by atoms with Crippen molar-refractivity contribution in [1.82, 2.24) is 0 Å². The second kappa shape index (κ2) is 4.85. The maximum atomic E-state index is 11.7. The highest BCUT2D eigenvalue weighted by Crippen LogP contribution is 2.33. The Kier molecular flexibility index (Phi) is 3.85. The van der Waals surface area contributed by atoms with Gasteiger partial charge in [-0.25, -0.2) is 13.2 Å². The molecular formula is C11H16N2O4S. The first kappa shape index (κ1) is 14.3. The van der Waals surface area contributed by atoms with Crippen LogP contribution in [-0.4, -0.2) is 39.8 Å². The number of rotatable bonds is 4. The maximum Gasteiger partial charge on any atom is 0.338 e. The van der Waals surface area contributed by atoms with Crippen LogP contribution in [0.25, 0.3) is 0 Å². The van der Waals surface area contributed by atoms with Crippen LogP contribution in [0.1, 0.15) is 15.9 Å². The third-order valence-electron chi connectivity index (χ3n) is 2.67. The normalized spacial score (nSPS) is 11.1. The van der Waals surface area contributed by atoms with E-state index in [1.54, 1.807) is 21.0 Å². The van der Waals surface area contributed by atoms with Crippen molar-refractivity contribution in [3.8, 4) is 0 Å². The first-order valence-corrected chi connectivity index (χ1v) is 7.09. The Labute approximate surface area is 106 Å². The number of nitrogens with one attached hydrogen (secondary N) is 2. The van der Waals surface area contributed by atoms with Crippen LogP contribution in [0.5, 0.6) is 0 Å². The molecule has 100 valence electrons. The molecule has 7 heteroatoms. The zero-order chi connectivity index (χ0) is 14.1. The number of carboxylic acids is 1. The summed E-state index contributed by atoms with van der Waals surface area (Å²) in [6, 6.07) is 1.33. The molecule has 0 aliphatic rings. The molecule has 0 saturated carbocycles. The Bertz CT molecular complexity index is 594. The van der Waals surface area contributed by atoms with Gasteiger partial charge in [0.05, 0.1) is 21.8 Å². The average Bonchev–Trinajstić information content (AvgIpc) is 2.25. The summed E-state index contributed by atoms with van der Waals surface area (Å²) in [5.41, 5.74) is 1.04. The van der Waals surface area contributed by atoms with Gasteiger partial charge in [0.15, 0.2) is 9.84 Å². The molecule has 0 aromatic heterocycles. The number of benzene rings is 1. The summed E-state index contributed by atoms with van der Waals surface area (Å²) in [5.74, 6) is -1.10. The molecule has 0 saturated heterocycles. The highest BCUT2D eigenvalue weighted by atomic mass is 32.2. The van der Waals surface area contributed by atoms with E-state index in [9.17, 15) is 18.3 Å². The van der Waals surface area contributed by atoms with E-state index < -0.39 is 15.8 Å². The van der Waals surface area contributed by atoms with Crippen LogP contribution in [-0.2, 0) is 9.84 Å². The minimum absolute atomic E-state index is 0.0641. The molecule has 3 N–H and O–H groups in total. The summed E-state index contributed by atoms with van der Waals surface area (Å²) < 4.78 is 23.4. The van der Waals surface area contributed by atoms with Crippen molar-refractivity contribution in [3.63, 3.8) is 0 Å². The van der Waals surface area contributed by atoms with Gasteiger partial charge in [0, 0.05) is 20.4 Å². The van der Waals surface area contributed by atoms with Crippen LogP contribution in [0.2, 0.25) is 0 Å². The molecule has 0 aliphatic carbocycles. The number of hydrogen-bond acceptors (Lipinski definition) is 5. The van der Waals surface area contributed by atoms with Crippen molar-refractivity contribution in [2.24, 2.45) is 0 Å². The molecule has 0 aliphatic heterocycles. The fourth-order valence-electron chi connectivity index (χ4n) is 1.86. The van der Waals surface area contributed by atoms with E-state index in [2.05, 4.69) is 10.6 Å². The van der Waals surface area contributed by atoms with Gasteiger partial charge in [-0.3, -0.25) is 0 Å². The average molecular weight is 272 g/mol. The number of carboxylic acid groups (broad SMARTS) is 1. The molecule has 6 nitrogen and oxygen atoms in total. The van der Waals surface area contributed by atoms with E-state index in [1.165, 1.54) is 6.07 Å². The fourth-order valence-corrected chi connectivity index (χ4v) is 2.82. The quantitative estimate of drug-likeness (QED) is 0.761. The molecule has 0 amide bonds. The number of sulfone groups is 1. The van der Waals surface area contributed by atoms with E-state index in [4.69, 9.17) is 0 Å². The van der Waals surface area contributed by atoms with Crippen LogP contribution in [0.4, 0.5) is 11.4 Å². The summed E-state index contributed by atoms with van der Waals surface area (Å²) in [6.07, 6.45) is 1.09. The minimum atomic E-state index is -3.44. The van der Waals surface area contributed by atoms with Gasteiger partial charge in [0.25, 0.3) is 0 Å². The molecular weight excluding hydrogens is 256 g/mol. The molecule has 0 fully saturated rings. The van der Waals surface area contributed by atoms with Gasteiger partial charge < -0.3 is 15.7 Å². The Morgan fingerprint density at radius 3 is 2.17 bits per heavy atom. The largest absolute Gasteiger partial charge is 0.478 e. The van der Waals surface area contributed by atoms with E-state index in [0.29, 0.717) is 11.3 Å². The summed E-state index contributed by atoms with van der Waals surface area (Å²) in [4.78, 5) is 11.3. The number of carbonyl (C=O) groups is 1. The van der Waals surface area contributed by atoms with Crippen LogP contribution in [0.15, 0.2) is 11.0 Å². The predicted octanol–water partition coefficient (Wildman–Crippen LogP) is 1.18. The second-order valence-corrected chi connectivity index (χ2v) is 5.86. The lowest BCUT2D eigenvalue weighted by molar-refractivity contribution is 0.0697. The lowest BCUT2D eigenvalue weighted by Gasteiger charge is -2.17. The van der Waals surface area contributed by atoms with Crippen LogP contribution >= 0.6 is 0 Å². The van der Waals surface area contributed by atoms with Gasteiger partial charge in [0.2, 0.25) is 0 Å². The minimum Gasteiger partial charge on any atom is -0.478 e. The lowest BCUT2D eigenvalue weighted by atomic mass is 10.0. The number of hydrogen-bond donors (Lipinski definition) is 3. The zero-order valence-electron chi connectivity index (χ0n) is 10.7. The zero-order valence-corrected chi connectivity index (χ0v) is 11.5.